The summed E-state index contributed by atoms with van der Waals surface area (Å²) >= 11 is 9.78. The maximum Gasteiger partial charge on any atom is 0.133 e. The zero-order valence-corrected chi connectivity index (χ0v) is 16.3. The van der Waals surface area contributed by atoms with Gasteiger partial charge in [0.05, 0.1) is 12.8 Å². The van der Waals surface area contributed by atoms with Crippen LogP contribution in [0, 0.1) is 6.92 Å². The van der Waals surface area contributed by atoms with Crippen LogP contribution >= 0.6 is 27.5 Å². The Kier molecular flexibility index (Phi) is 4.21. The molecule has 1 aliphatic rings. The second-order valence-electron chi connectivity index (χ2n) is 6.04. The second-order valence-corrected chi connectivity index (χ2v) is 7.39. The molecule has 0 unspecified atom stereocenters. The third-order valence-electron chi connectivity index (χ3n) is 4.47. The zero-order chi connectivity index (χ0) is 17.6. The Hall–Kier alpha value is -1.98. The summed E-state index contributed by atoms with van der Waals surface area (Å²) in [4.78, 5) is 0. The second kappa shape index (κ2) is 6.39. The van der Waals surface area contributed by atoms with Crippen LogP contribution in [0.15, 0.2) is 40.9 Å². The Bertz CT molecular complexity index is 968. The van der Waals surface area contributed by atoms with Crippen molar-refractivity contribution < 1.29 is 4.74 Å². The van der Waals surface area contributed by atoms with Crippen LogP contribution in [0.2, 0.25) is 5.02 Å². The van der Waals surface area contributed by atoms with Crippen molar-refractivity contribution >= 4 is 33.3 Å². The molecule has 0 spiro atoms. The van der Waals surface area contributed by atoms with Gasteiger partial charge in [-0.2, -0.15) is 5.10 Å². The van der Waals surface area contributed by atoms with Gasteiger partial charge in [-0.05, 0) is 49.2 Å². The predicted molar refractivity (Wildman–Crippen MR) is 105 cm³/mol. The number of hydrogen-bond donors (Lipinski definition) is 1. The molecule has 4 nitrogen and oxygen atoms in total. The monoisotopic (exact) mass is 417 g/mol. The number of aromatic nitrogens is 2. The van der Waals surface area contributed by atoms with Gasteiger partial charge < -0.3 is 10.1 Å². The lowest BCUT2D eigenvalue weighted by molar-refractivity contribution is 0.416. The van der Waals surface area contributed by atoms with Gasteiger partial charge in [-0.1, -0.05) is 33.6 Å². The minimum atomic E-state index is 0.699. The highest BCUT2D eigenvalue weighted by atomic mass is 79.9. The number of methoxy groups -OCH3 is 1. The number of anilines is 1. The first-order valence-corrected chi connectivity index (χ1v) is 9.22. The van der Waals surface area contributed by atoms with Crippen LogP contribution in [-0.2, 0) is 6.42 Å². The first-order chi connectivity index (χ1) is 12.1. The summed E-state index contributed by atoms with van der Waals surface area (Å²) in [6, 6.07) is 11.8. The maximum atomic E-state index is 6.22. The van der Waals surface area contributed by atoms with Crippen molar-refractivity contribution in [2.75, 3.05) is 19.0 Å². The fraction of sp³-hybridized carbons (Fsp3) is 0.211. The quantitative estimate of drug-likeness (QED) is 0.632. The number of nitrogens with one attached hydrogen (secondary N) is 1. The highest BCUT2D eigenvalue weighted by Crippen LogP contribution is 2.40. The van der Waals surface area contributed by atoms with E-state index in [4.69, 9.17) is 21.4 Å². The summed E-state index contributed by atoms with van der Waals surface area (Å²) in [5.74, 6) is 1.84. The Balaban J connectivity index is 1.96. The lowest BCUT2D eigenvalue weighted by Crippen LogP contribution is -2.05. The molecule has 0 atom stereocenters. The molecule has 0 saturated heterocycles. The fourth-order valence-corrected chi connectivity index (χ4v) is 3.77. The van der Waals surface area contributed by atoms with Crippen molar-refractivity contribution in [1.29, 1.82) is 0 Å². The van der Waals surface area contributed by atoms with E-state index in [1.165, 1.54) is 5.56 Å². The normalized spacial score (nSPS) is 12.8. The summed E-state index contributed by atoms with van der Waals surface area (Å²) in [6.07, 6.45) is 0.931. The minimum Gasteiger partial charge on any atom is -0.496 e. The van der Waals surface area contributed by atoms with Gasteiger partial charge in [0.1, 0.15) is 17.3 Å². The highest BCUT2D eigenvalue weighted by molar-refractivity contribution is 9.10. The molecule has 1 aromatic heterocycles. The van der Waals surface area contributed by atoms with E-state index >= 15 is 0 Å². The molecular weight excluding hydrogens is 402 g/mol. The van der Waals surface area contributed by atoms with E-state index in [1.54, 1.807) is 7.11 Å². The van der Waals surface area contributed by atoms with E-state index in [2.05, 4.69) is 34.2 Å². The molecule has 0 amide bonds. The number of aryl methyl sites for hydroxylation is 1. The molecule has 1 N–H and O–H groups in total. The molecule has 3 aromatic rings. The van der Waals surface area contributed by atoms with Gasteiger partial charge in [0.25, 0.3) is 0 Å². The summed E-state index contributed by atoms with van der Waals surface area (Å²) in [6.45, 7) is 2.96. The fourth-order valence-electron chi connectivity index (χ4n) is 3.24. The molecule has 0 saturated carbocycles. The molecule has 2 heterocycles. The number of ether oxygens (including phenoxy) is 1. The molecule has 0 bridgehead atoms. The van der Waals surface area contributed by atoms with Gasteiger partial charge in [0.2, 0.25) is 0 Å². The van der Waals surface area contributed by atoms with Gasteiger partial charge in [-0.15, -0.1) is 0 Å². The lowest BCUT2D eigenvalue weighted by atomic mass is 10.1. The van der Waals surface area contributed by atoms with Crippen LogP contribution in [0.3, 0.4) is 0 Å². The van der Waals surface area contributed by atoms with E-state index in [0.29, 0.717) is 5.02 Å². The van der Waals surface area contributed by atoms with Crippen LogP contribution in [-0.4, -0.2) is 23.4 Å². The first kappa shape index (κ1) is 16.5. The third kappa shape index (κ3) is 2.81. The molecule has 0 fully saturated rings. The van der Waals surface area contributed by atoms with Crippen LogP contribution in [0.1, 0.15) is 11.1 Å². The van der Waals surface area contributed by atoms with E-state index in [-0.39, 0.29) is 0 Å². The summed E-state index contributed by atoms with van der Waals surface area (Å²) in [5.41, 5.74) is 5.23. The smallest absolute Gasteiger partial charge is 0.133 e. The molecule has 1 aliphatic heterocycles. The third-order valence-corrected chi connectivity index (χ3v) is 5.20. The van der Waals surface area contributed by atoms with Crippen molar-refractivity contribution in [3.8, 4) is 22.7 Å². The van der Waals surface area contributed by atoms with Crippen LogP contribution in [0.4, 0.5) is 5.82 Å². The average Bonchev–Trinajstić information content (AvgIpc) is 3.19. The summed E-state index contributed by atoms with van der Waals surface area (Å²) in [5, 5.41) is 9.08. The minimum absolute atomic E-state index is 0.699. The molecule has 0 radical (unpaired) electrons. The lowest BCUT2D eigenvalue weighted by Gasteiger charge is -2.10. The SMILES string of the molecule is COc1ccc(Br)cc1-c1nn(-c2cc(Cl)ccc2C)c2c1CCN2. The Morgan fingerprint density at radius 2 is 2.08 bits per heavy atom. The molecule has 128 valence electrons. The average molecular weight is 419 g/mol. The summed E-state index contributed by atoms with van der Waals surface area (Å²) < 4.78 is 8.52. The van der Waals surface area contributed by atoms with Crippen LogP contribution in [0.5, 0.6) is 5.75 Å². The van der Waals surface area contributed by atoms with Crippen molar-refractivity contribution in [2.24, 2.45) is 0 Å². The molecule has 6 heteroatoms. The number of hydrogen-bond acceptors (Lipinski definition) is 3. The maximum absolute atomic E-state index is 6.22. The molecule has 25 heavy (non-hydrogen) atoms. The molecular formula is C19H17BrClN3O. The standard InChI is InChI=1S/C19H17BrClN3O/c1-11-3-5-13(21)10-16(11)24-19-14(7-8-22-19)18(23-24)15-9-12(20)4-6-17(15)25-2/h3-6,9-10,22H,7-8H2,1-2H3. The number of halogens is 2. The number of benzene rings is 2. The van der Waals surface area contributed by atoms with Crippen molar-refractivity contribution in [3.05, 3.63) is 57.0 Å². The van der Waals surface area contributed by atoms with Crippen molar-refractivity contribution in [1.82, 2.24) is 9.78 Å². The first-order valence-electron chi connectivity index (χ1n) is 8.04. The van der Waals surface area contributed by atoms with Gasteiger partial charge in [-0.25, -0.2) is 4.68 Å². The van der Waals surface area contributed by atoms with Gasteiger partial charge in [-0.3, -0.25) is 0 Å². The van der Waals surface area contributed by atoms with Gasteiger partial charge in [0.15, 0.2) is 0 Å². The van der Waals surface area contributed by atoms with E-state index in [1.807, 2.05) is 35.0 Å². The molecule has 4 rings (SSSR count). The van der Waals surface area contributed by atoms with E-state index < -0.39 is 0 Å². The number of nitrogens with zero attached hydrogens (tertiary/aromatic N) is 2. The molecule has 0 aliphatic carbocycles. The van der Waals surface area contributed by atoms with E-state index in [0.717, 1.165) is 51.5 Å². The zero-order valence-electron chi connectivity index (χ0n) is 13.9. The van der Waals surface area contributed by atoms with Gasteiger partial charge >= 0.3 is 0 Å². The summed E-state index contributed by atoms with van der Waals surface area (Å²) in [7, 11) is 1.68. The largest absolute Gasteiger partial charge is 0.496 e. The predicted octanol–water partition coefficient (Wildman–Crippen LogP) is 5.24. The molecule has 2 aromatic carbocycles. The van der Waals surface area contributed by atoms with Crippen molar-refractivity contribution in [2.45, 2.75) is 13.3 Å². The van der Waals surface area contributed by atoms with Crippen LogP contribution < -0.4 is 10.1 Å². The number of fused-ring (bicyclic) bond motifs is 1. The highest BCUT2D eigenvalue weighted by Gasteiger charge is 2.26. The van der Waals surface area contributed by atoms with Crippen LogP contribution in [0.25, 0.3) is 16.9 Å². The van der Waals surface area contributed by atoms with E-state index in [9.17, 15) is 0 Å². The Labute approximate surface area is 159 Å². The number of rotatable bonds is 3. The topological polar surface area (TPSA) is 39.1 Å². The van der Waals surface area contributed by atoms with Gasteiger partial charge in [0, 0.05) is 27.2 Å². The van der Waals surface area contributed by atoms with Crippen molar-refractivity contribution in [3.63, 3.8) is 0 Å². The Morgan fingerprint density at radius 1 is 1.24 bits per heavy atom. The Morgan fingerprint density at radius 3 is 2.88 bits per heavy atom.